The Labute approximate surface area is 94.8 Å². The first-order chi connectivity index (χ1) is 7.44. The second-order valence-corrected chi connectivity index (χ2v) is 6.06. The van der Waals surface area contributed by atoms with Crippen LogP contribution in [0.3, 0.4) is 0 Å². The third-order valence-corrected chi connectivity index (χ3v) is 4.09. The van der Waals surface area contributed by atoms with E-state index in [0.717, 1.165) is 0 Å². The Hall–Kier alpha value is -1.30. The van der Waals surface area contributed by atoms with E-state index < -0.39 is 9.84 Å². The summed E-state index contributed by atoms with van der Waals surface area (Å²) in [6.45, 7) is 1.99. The van der Waals surface area contributed by atoms with Gasteiger partial charge in [-0.2, -0.15) is 0 Å². The van der Waals surface area contributed by atoms with Crippen molar-refractivity contribution >= 4 is 15.5 Å². The lowest BCUT2D eigenvalue weighted by Gasteiger charge is -2.06. The first-order valence-corrected chi connectivity index (χ1v) is 6.93. The van der Waals surface area contributed by atoms with Gasteiger partial charge in [0.1, 0.15) is 9.84 Å². The number of nitrogens with two attached hydrogens (primary N) is 1. The summed E-state index contributed by atoms with van der Waals surface area (Å²) in [6, 6.07) is 2.91. The lowest BCUT2D eigenvalue weighted by molar-refractivity contribution is 0.585. The molecule has 0 bridgehead atoms. The predicted molar refractivity (Wildman–Crippen MR) is 64.1 cm³/mol. The molecule has 1 aromatic rings. The molecule has 1 heterocycles. The number of nitrogen functional groups attached to an aromatic ring is 1. The number of pyridine rings is 1. The summed E-state index contributed by atoms with van der Waals surface area (Å²) < 4.78 is 23.9. The van der Waals surface area contributed by atoms with Crippen LogP contribution in [0.4, 0.5) is 5.69 Å². The first kappa shape index (κ1) is 12.8. The minimum absolute atomic E-state index is 0.102. The molecule has 0 aliphatic carbocycles. The molecule has 0 amide bonds. The van der Waals surface area contributed by atoms with Crippen LogP contribution in [0.1, 0.15) is 13.3 Å². The average Bonchev–Trinajstić information content (AvgIpc) is 2.23. The van der Waals surface area contributed by atoms with E-state index in [2.05, 4.69) is 0 Å². The molecule has 2 N–H and O–H groups in total. The smallest absolute Gasteiger partial charge is 0.250 e. The molecule has 6 heteroatoms. The van der Waals surface area contributed by atoms with Gasteiger partial charge in [0, 0.05) is 30.2 Å². The summed E-state index contributed by atoms with van der Waals surface area (Å²) in [4.78, 5) is 11.4. The second kappa shape index (κ2) is 5.16. The molecule has 0 saturated heterocycles. The fourth-order valence-electron chi connectivity index (χ4n) is 1.32. The molecule has 1 aromatic heterocycles. The summed E-state index contributed by atoms with van der Waals surface area (Å²) in [5.41, 5.74) is 5.87. The molecule has 0 aromatic carbocycles. The van der Waals surface area contributed by atoms with Crippen molar-refractivity contribution < 1.29 is 8.42 Å². The predicted octanol–water partition coefficient (Wildman–Crippen LogP) is 0.255. The highest BCUT2D eigenvalue weighted by Gasteiger charge is 2.06. The van der Waals surface area contributed by atoms with Crippen LogP contribution in [-0.2, 0) is 16.4 Å². The molecule has 90 valence electrons. The Morgan fingerprint density at radius 1 is 1.38 bits per heavy atom. The van der Waals surface area contributed by atoms with Gasteiger partial charge >= 0.3 is 0 Å². The molecule has 0 atom stereocenters. The van der Waals surface area contributed by atoms with Crippen LogP contribution in [0.25, 0.3) is 0 Å². The summed E-state index contributed by atoms with van der Waals surface area (Å²) in [5, 5.41) is 0. The van der Waals surface area contributed by atoms with E-state index in [0.29, 0.717) is 18.7 Å². The third-order valence-electron chi connectivity index (χ3n) is 2.30. The minimum Gasteiger partial charge on any atom is -0.398 e. The number of hydrogen-bond acceptors (Lipinski definition) is 4. The van der Waals surface area contributed by atoms with Gasteiger partial charge in [0.2, 0.25) is 0 Å². The fourth-order valence-corrected chi connectivity index (χ4v) is 2.18. The maximum Gasteiger partial charge on any atom is 0.250 e. The molecular formula is C10H16N2O3S. The highest BCUT2D eigenvalue weighted by molar-refractivity contribution is 7.91. The molecule has 0 radical (unpaired) electrons. The van der Waals surface area contributed by atoms with E-state index in [1.54, 1.807) is 6.92 Å². The van der Waals surface area contributed by atoms with Crippen LogP contribution in [0.5, 0.6) is 0 Å². The maximum atomic E-state index is 11.4. The van der Waals surface area contributed by atoms with Crippen LogP contribution in [0.2, 0.25) is 0 Å². The van der Waals surface area contributed by atoms with Crippen molar-refractivity contribution in [3.63, 3.8) is 0 Å². The molecule has 0 aliphatic heterocycles. The van der Waals surface area contributed by atoms with Crippen molar-refractivity contribution in [3.8, 4) is 0 Å². The number of aryl methyl sites for hydroxylation is 1. The van der Waals surface area contributed by atoms with Gasteiger partial charge in [0.15, 0.2) is 0 Å². The monoisotopic (exact) mass is 244 g/mol. The number of nitrogens with zero attached hydrogens (tertiary/aromatic N) is 1. The van der Waals surface area contributed by atoms with Crippen LogP contribution >= 0.6 is 0 Å². The van der Waals surface area contributed by atoms with Crippen LogP contribution < -0.4 is 11.3 Å². The van der Waals surface area contributed by atoms with E-state index >= 15 is 0 Å². The van der Waals surface area contributed by atoms with Crippen molar-refractivity contribution in [1.82, 2.24) is 4.57 Å². The van der Waals surface area contributed by atoms with Gasteiger partial charge in [-0.05, 0) is 12.5 Å². The van der Waals surface area contributed by atoms with Crippen molar-refractivity contribution in [2.24, 2.45) is 0 Å². The van der Waals surface area contributed by atoms with Crippen molar-refractivity contribution in [2.75, 3.05) is 17.2 Å². The Morgan fingerprint density at radius 3 is 2.69 bits per heavy atom. The highest BCUT2D eigenvalue weighted by atomic mass is 32.2. The van der Waals surface area contributed by atoms with E-state index in [4.69, 9.17) is 5.73 Å². The van der Waals surface area contributed by atoms with Crippen molar-refractivity contribution in [1.29, 1.82) is 0 Å². The molecule has 0 aliphatic rings. The van der Waals surface area contributed by atoms with Gasteiger partial charge in [-0.25, -0.2) is 8.42 Å². The minimum atomic E-state index is -2.96. The van der Waals surface area contributed by atoms with Crippen LogP contribution in [0.15, 0.2) is 23.1 Å². The standard InChI is InChI=1S/C10H16N2O3S/c1-2-16(14,15)7-3-6-12-8-9(11)4-5-10(12)13/h4-5,8H,2-3,6-7,11H2,1H3. The van der Waals surface area contributed by atoms with Gasteiger partial charge in [0.05, 0.1) is 5.75 Å². The Kier molecular flexibility index (Phi) is 4.12. The third kappa shape index (κ3) is 3.69. The zero-order valence-corrected chi connectivity index (χ0v) is 10.0. The molecule has 0 fully saturated rings. The Morgan fingerprint density at radius 2 is 2.06 bits per heavy atom. The maximum absolute atomic E-state index is 11.4. The van der Waals surface area contributed by atoms with Crippen LogP contribution in [0, 0.1) is 0 Å². The quantitative estimate of drug-likeness (QED) is 0.805. The first-order valence-electron chi connectivity index (χ1n) is 5.11. The van der Waals surface area contributed by atoms with E-state index in [-0.39, 0.29) is 17.1 Å². The normalized spacial score (nSPS) is 11.6. The second-order valence-electron chi connectivity index (χ2n) is 3.58. The Balaban J connectivity index is 2.62. The zero-order chi connectivity index (χ0) is 12.2. The SMILES string of the molecule is CCS(=O)(=O)CCCn1cc(N)ccc1=O. The number of anilines is 1. The molecule has 0 spiro atoms. The van der Waals surface area contributed by atoms with E-state index in [9.17, 15) is 13.2 Å². The summed E-state index contributed by atoms with van der Waals surface area (Å²) in [7, 11) is -2.96. The molecule has 0 saturated carbocycles. The van der Waals surface area contributed by atoms with E-state index in [1.807, 2.05) is 0 Å². The van der Waals surface area contributed by atoms with Crippen molar-refractivity contribution in [3.05, 3.63) is 28.7 Å². The lowest BCUT2D eigenvalue weighted by atomic mass is 10.4. The van der Waals surface area contributed by atoms with Gasteiger partial charge in [-0.15, -0.1) is 0 Å². The van der Waals surface area contributed by atoms with Crippen LogP contribution in [-0.4, -0.2) is 24.5 Å². The summed E-state index contributed by atoms with van der Waals surface area (Å²) in [5.74, 6) is 0.240. The van der Waals surface area contributed by atoms with Gasteiger partial charge in [-0.3, -0.25) is 4.79 Å². The Bertz CT molecular complexity index is 505. The molecule has 0 unspecified atom stereocenters. The number of rotatable bonds is 5. The number of hydrogen-bond donors (Lipinski definition) is 1. The van der Waals surface area contributed by atoms with Gasteiger partial charge in [0.25, 0.3) is 5.56 Å². The molecule has 1 rings (SSSR count). The molecule has 5 nitrogen and oxygen atoms in total. The zero-order valence-electron chi connectivity index (χ0n) is 9.22. The van der Waals surface area contributed by atoms with E-state index in [1.165, 1.54) is 22.9 Å². The molecular weight excluding hydrogens is 228 g/mol. The average molecular weight is 244 g/mol. The number of sulfone groups is 1. The molecule has 16 heavy (non-hydrogen) atoms. The number of aromatic nitrogens is 1. The highest BCUT2D eigenvalue weighted by Crippen LogP contribution is 1.99. The summed E-state index contributed by atoms with van der Waals surface area (Å²) >= 11 is 0. The summed E-state index contributed by atoms with van der Waals surface area (Å²) in [6.07, 6.45) is 1.96. The topological polar surface area (TPSA) is 82.2 Å². The van der Waals surface area contributed by atoms with Gasteiger partial charge in [-0.1, -0.05) is 6.92 Å². The van der Waals surface area contributed by atoms with Gasteiger partial charge < -0.3 is 10.3 Å². The fraction of sp³-hybridized carbons (Fsp3) is 0.500. The largest absolute Gasteiger partial charge is 0.398 e. The van der Waals surface area contributed by atoms with Crippen molar-refractivity contribution in [2.45, 2.75) is 19.9 Å². The lowest BCUT2D eigenvalue weighted by Crippen LogP contribution is -2.20.